The summed E-state index contributed by atoms with van der Waals surface area (Å²) >= 11 is 0. The Bertz CT molecular complexity index is 229. The Kier molecular flexibility index (Phi) is 4.87. The van der Waals surface area contributed by atoms with E-state index in [-0.39, 0.29) is 0 Å². The highest BCUT2D eigenvalue weighted by molar-refractivity contribution is 4.84. The largest absolute Gasteiger partial charge is 0.313 e. The maximum Gasteiger partial charge on any atom is 0.0110 e. The number of nitrogens with zero attached hydrogens (tertiary/aromatic N) is 1. The van der Waals surface area contributed by atoms with Crippen molar-refractivity contribution in [2.45, 2.75) is 65.0 Å². The van der Waals surface area contributed by atoms with Crippen LogP contribution in [0, 0.1) is 11.8 Å². The van der Waals surface area contributed by atoms with Gasteiger partial charge in [-0.2, -0.15) is 0 Å². The smallest absolute Gasteiger partial charge is 0.0110 e. The zero-order valence-corrected chi connectivity index (χ0v) is 11.9. The Hall–Kier alpha value is -0.0800. The summed E-state index contributed by atoms with van der Waals surface area (Å²) in [6, 6.07) is 1.64. The Labute approximate surface area is 107 Å². The monoisotopic (exact) mass is 238 g/mol. The fourth-order valence-corrected chi connectivity index (χ4v) is 3.51. The molecule has 2 aliphatic rings. The van der Waals surface area contributed by atoms with Gasteiger partial charge in [-0.1, -0.05) is 20.8 Å². The molecule has 0 radical (unpaired) electrons. The van der Waals surface area contributed by atoms with E-state index in [2.05, 4.69) is 31.0 Å². The summed E-state index contributed by atoms with van der Waals surface area (Å²) in [5.41, 5.74) is 0. The van der Waals surface area contributed by atoms with E-state index in [1.54, 1.807) is 0 Å². The van der Waals surface area contributed by atoms with Crippen molar-refractivity contribution < 1.29 is 0 Å². The summed E-state index contributed by atoms with van der Waals surface area (Å²) in [6.45, 7) is 11.0. The lowest BCUT2D eigenvalue weighted by molar-refractivity contribution is 0.114. The second-order valence-electron chi connectivity index (χ2n) is 6.31. The van der Waals surface area contributed by atoms with Crippen molar-refractivity contribution in [2.75, 3.05) is 19.6 Å². The molecule has 0 aromatic carbocycles. The highest BCUT2D eigenvalue weighted by Gasteiger charge is 2.29. The van der Waals surface area contributed by atoms with Crippen LogP contribution in [-0.2, 0) is 0 Å². The van der Waals surface area contributed by atoms with Gasteiger partial charge in [0, 0.05) is 25.2 Å². The van der Waals surface area contributed by atoms with Crippen molar-refractivity contribution in [3.05, 3.63) is 0 Å². The summed E-state index contributed by atoms with van der Waals surface area (Å²) in [7, 11) is 0. The molecule has 0 spiro atoms. The van der Waals surface area contributed by atoms with Crippen molar-refractivity contribution >= 4 is 0 Å². The lowest BCUT2D eigenvalue weighted by Crippen LogP contribution is -2.42. The second kappa shape index (κ2) is 6.19. The van der Waals surface area contributed by atoms with Crippen molar-refractivity contribution in [1.82, 2.24) is 10.2 Å². The molecule has 2 rings (SSSR count). The molecule has 0 bridgehead atoms. The van der Waals surface area contributed by atoms with Gasteiger partial charge in [0.1, 0.15) is 0 Å². The summed E-state index contributed by atoms with van der Waals surface area (Å²) in [6.07, 6.45) is 6.93. The van der Waals surface area contributed by atoms with Gasteiger partial charge in [0.2, 0.25) is 0 Å². The maximum absolute atomic E-state index is 3.68. The summed E-state index contributed by atoms with van der Waals surface area (Å²) in [4.78, 5) is 2.77. The average molecular weight is 238 g/mol. The third-order valence-corrected chi connectivity index (χ3v) is 5.18. The third-order valence-electron chi connectivity index (χ3n) is 5.18. The van der Waals surface area contributed by atoms with Gasteiger partial charge in [0.05, 0.1) is 0 Å². The van der Waals surface area contributed by atoms with Crippen LogP contribution in [-0.4, -0.2) is 36.6 Å². The third kappa shape index (κ3) is 3.45. The minimum Gasteiger partial charge on any atom is -0.313 e. The molecule has 4 atom stereocenters. The van der Waals surface area contributed by atoms with Crippen LogP contribution in [0.5, 0.6) is 0 Å². The van der Waals surface area contributed by atoms with Gasteiger partial charge < -0.3 is 5.32 Å². The van der Waals surface area contributed by atoms with E-state index in [4.69, 9.17) is 0 Å². The molecule has 100 valence electrons. The van der Waals surface area contributed by atoms with Crippen LogP contribution in [0.3, 0.4) is 0 Å². The molecule has 1 N–H and O–H groups in total. The number of hydrogen-bond donors (Lipinski definition) is 1. The highest BCUT2D eigenvalue weighted by atomic mass is 15.2. The lowest BCUT2D eigenvalue weighted by Gasteiger charge is -2.38. The SMILES string of the molecule is CCC1CCN(C2CCC(C)C(C)C2)CCN1. The van der Waals surface area contributed by atoms with Crippen LogP contribution < -0.4 is 5.32 Å². The van der Waals surface area contributed by atoms with E-state index in [1.807, 2.05) is 0 Å². The van der Waals surface area contributed by atoms with E-state index in [0.717, 1.165) is 23.9 Å². The molecule has 0 aromatic heterocycles. The predicted octanol–water partition coefficient (Wildman–Crippen LogP) is 2.89. The fourth-order valence-electron chi connectivity index (χ4n) is 3.51. The molecule has 4 unspecified atom stereocenters. The fraction of sp³-hybridized carbons (Fsp3) is 1.00. The first-order chi connectivity index (χ1) is 8.20. The molecular weight excluding hydrogens is 208 g/mol. The lowest BCUT2D eigenvalue weighted by atomic mass is 9.78. The van der Waals surface area contributed by atoms with E-state index < -0.39 is 0 Å². The molecule has 1 aliphatic heterocycles. The molecule has 1 heterocycles. The van der Waals surface area contributed by atoms with Crippen LogP contribution in [0.25, 0.3) is 0 Å². The van der Waals surface area contributed by atoms with E-state index >= 15 is 0 Å². The van der Waals surface area contributed by atoms with Gasteiger partial charge in [-0.3, -0.25) is 4.90 Å². The molecule has 1 aliphatic carbocycles. The molecular formula is C15H30N2. The van der Waals surface area contributed by atoms with Crippen molar-refractivity contribution in [3.63, 3.8) is 0 Å². The topological polar surface area (TPSA) is 15.3 Å². The molecule has 2 heteroatoms. The molecule has 2 fully saturated rings. The summed E-state index contributed by atoms with van der Waals surface area (Å²) in [5, 5.41) is 3.68. The molecule has 2 nitrogen and oxygen atoms in total. The molecule has 1 saturated carbocycles. The van der Waals surface area contributed by atoms with Gasteiger partial charge in [0.25, 0.3) is 0 Å². The van der Waals surface area contributed by atoms with Gasteiger partial charge >= 0.3 is 0 Å². The molecule has 0 aromatic rings. The van der Waals surface area contributed by atoms with Crippen molar-refractivity contribution in [2.24, 2.45) is 11.8 Å². The van der Waals surface area contributed by atoms with Crippen molar-refractivity contribution in [3.8, 4) is 0 Å². The zero-order chi connectivity index (χ0) is 12.3. The first kappa shape index (κ1) is 13.4. The quantitative estimate of drug-likeness (QED) is 0.796. The van der Waals surface area contributed by atoms with Gasteiger partial charge in [-0.25, -0.2) is 0 Å². The number of rotatable bonds is 2. The van der Waals surface area contributed by atoms with Crippen LogP contribution in [0.4, 0.5) is 0 Å². The van der Waals surface area contributed by atoms with Crippen LogP contribution in [0.1, 0.15) is 52.9 Å². The van der Waals surface area contributed by atoms with E-state index in [9.17, 15) is 0 Å². The standard InChI is InChI=1S/C15H30N2/c1-4-14-7-9-17(10-8-16-14)15-6-5-12(2)13(3)11-15/h12-16H,4-11H2,1-3H3. The second-order valence-corrected chi connectivity index (χ2v) is 6.31. The molecule has 0 amide bonds. The Morgan fingerprint density at radius 2 is 1.88 bits per heavy atom. The summed E-state index contributed by atoms with van der Waals surface area (Å²) < 4.78 is 0. The van der Waals surface area contributed by atoms with Gasteiger partial charge in [-0.05, 0) is 50.5 Å². The van der Waals surface area contributed by atoms with E-state index in [0.29, 0.717) is 0 Å². The first-order valence-corrected chi connectivity index (χ1v) is 7.68. The van der Waals surface area contributed by atoms with Crippen LogP contribution >= 0.6 is 0 Å². The van der Waals surface area contributed by atoms with Crippen LogP contribution in [0.2, 0.25) is 0 Å². The van der Waals surface area contributed by atoms with E-state index in [1.165, 1.54) is 51.7 Å². The predicted molar refractivity (Wildman–Crippen MR) is 74.2 cm³/mol. The minimum atomic E-state index is 0.764. The Morgan fingerprint density at radius 3 is 2.59 bits per heavy atom. The average Bonchev–Trinajstić information content (AvgIpc) is 2.58. The normalized spacial score (nSPS) is 41.1. The number of nitrogens with one attached hydrogen (secondary N) is 1. The maximum atomic E-state index is 3.68. The Balaban J connectivity index is 1.85. The minimum absolute atomic E-state index is 0.764. The first-order valence-electron chi connectivity index (χ1n) is 7.68. The van der Waals surface area contributed by atoms with Gasteiger partial charge in [0.15, 0.2) is 0 Å². The number of hydrogen-bond acceptors (Lipinski definition) is 2. The summed E-state index contributed by atoms with van der Waals surface area (Å²) in [5.74, 6) is 1.87. The molecule has 17 heavy (non-hydrogen) atoms. The van der Waals surface area contributed by atoms with Crippen LogP contribution in [0.15, 0.2) is 0 Å². The van der Waals surface area contributed by atoms with Gasteiger partial charge in [-0.15, -0.1) is 0 Å². The highest BCUT2D eigenvalue weighted by Crippen LogP contribution is 2.32. The van der Waals surface area contributed by atoms with Crippen molar-refractivity contribution in [1.29, 1.82) is 0 Å². The molecule has 1 saturated heterocycles. The Morgan fingerprint density at radius 1 is 1.06 bits per heavy atom. The zero-order valence-electron chi connectivity index (χ0n) is 11.9.